The predicted octanol–water partition coefficient (Wildman–Crippen LogP) is 3.69. The Hall–Kier alpha value is -3.12. The first kappa shape index (κ1) is 19.6. The fourth-order valence-electron chi connectivity index (χ4n) is 2.90. The average Bonchev–Trinajstić information content (AvgIpc) is 2.71. The molecular weight excluding hydrogens is 372 g/mol. The maximum Gasteiger partial charge on any atom is 0.248 e. The van der Waals surface area contributed by atoms with E-state index in [4.69, 9.17) is 0 Å². The van der Waals surface area contributed by atoms with Crippen molar-refractivity contribution in [1.29, 1.82) is 0 Å². The number of nitrogens with zero attached hydrogens (tertiary/aromatic N) is 2. The van der Waals surface area contributed by atoms with Crippen LogP contribution in [0.15, 0.2) is 91.0 Å². The number of benzene rings is 3. The highest BCUT2D eigenvalue weighted by Gasteiger charge is 2.25. The van der Waals surface area contributed by atoms with Crippen molar-refractivity contribution in [3.8, 4) is 0 Å². The maximum absolute atomic E-state index is 13.2. The van der Waals surface area contributed by atoms with E-state index in [1.807, 2.05) is 60.7 Å². The van der Waals surface area contributed by atoms with Crippen molar-refractivity contribution < 1.29 is 13.2 Å². The zero-order valence-electron chi connectivity index (χ0n) is 15.6. The Labute approximate surface area is 165 Å². The fraction of sp³-hybridized carbons (Fsp3) is 0.136. The molecule has 5 nitrogen and oxygen atoms in total. The first-order valence-corrected chi connectivity index (χ1v) is 10.7. The molecule has 0 bridgehead atoms. The predicted molar refractivity (Wildman–Crippen MR) is 113 cm³/mol. The normalized spacial score (nSPS) is 11.0. The Kier molecular flexibility index (Phi) is 6.11. The van der Waals surface area contributed by atoms with Crippen molar-refractivity contribution in [2.24, 2.45) is 0 Å². The lowest BCUT2D eigenvalue weighted by molar-refractivity contribution is -0.117. The van der Waals surface area contributed by atoms with Gasteiger partial charge in [-0.3, -0.25) is 9.10 Å². The largest absolute Gasteiger partial charge is 0.306 e. The van der Waals surface area contributed by atoms with Crippen LogP contribution in [0.1, 0.15) is 5.56 Å². The van der Waals surface area contributed by atoms with E-state index in [1.54, 1.807) is 35.2 Å². The molecular formula is C22H22N2O3S. The number of para-hydroxylation sites is 2. The summed E-state index contributed by atoms with van der Waals surface area (Å²) in [5, 5.41) is 0. The average molecular weight is 394 g/mol. The van der Waals surface area contributed by atoms with Crippen LogP contribution >= 0.6 is 0 Å². The van der Waals surface area contributed by atoms with Gasteiger partial charge in [0.2, 0.25) is 15.9 Å². The smallest absolute Gasteiger partial charge is 0.248 e. The molecule has 6 heteroatoms. The highest BCUT2D eigenvalue weighted by molar-refractivity contribution is 7.92. The highest BCUT2D eigenvalue weighted by atomic mass is 32.2. The lowest BCUT2D eigenvalue weighted by atomic mass is 10.2. The summed E-state index contributed by atoms with van der Waals surface area (Å²) in [5.41, 5.74) is 2.15. The van der Waals surface area contributed by atoms with Gasteiger partial charge in [-0.15, -0.1) is 0 Å². The molecule has 3 rings (SSSR count). The van der Waals surface area contributed by atoms with Crippen LogP contribution in [0, 0.1) is 0 Å². The molecule has 0 aromatic heterocycles. The van der Waals surface area contributed by atoms with Crippen molar-refractivity contribution in [2.45, 2.75) is 6.54 Å². The molecule has 3 aromatic carbocycles. The first-order chi connectivity index (χ1) is 13.4. The van der Waals surface area contributed by atoms with Gasteiger partial charge >= 0.3 is 0 Å². The molecule has 0 aliphatic rings. The van der Waals surface area contributed by atoms with Crippen molar-refractivity contribution in [3.63, 3.8) is 0 Å². The summed E-state index contributed by atoms with van der Waals surface area (Å²) in [6, 6.07) is 27.5. The third-order valence-corrected chi connectivity index (χ3v) is 5.42. The van der Waals surface area contributed by atoms with Gasteiger partial charge in [-0.25, -0.2) is 8.42 Å². The molecule has 0 saturated heterocycles. The van der Waals surface area contributed by atoms with Crippen LogP contribution in [-0.2, 0) is 21.4 Å². The standard InChI is InChI=1S/C22H22N2O3S/c1-28(26,27)24(21-15-9-4-10-16-21)18-22(25)23(20-13-7-3-8-14-20)17-19-11-5-2-6-12-19/h2-16H,17-18H2,1H3. The van der Waals surface area contributed by atoms with E-state index in [2.05, 4.69) is 0 Å². The minimum absolute atomic E-state index is 0.273. The van der Waals surface area contributed by atoms with Crippen LogP contribution in [0.3, 0.4) is 0 Å². The fourth-order valence-corrected chi connectivity index (χ4v) is 3.75. The van der Waals surface area contributed by atoms with Crippen molar-refractivity contribution in [2.75, 3.05) is 22.0 Å². The van der Waals surface area contributed by atoms with Crippen LogP contribution in [0.4, 0.5) is 11.4 Å². The topological polar surface area (TPSA) is 57.7 Å². The van der Waals surface area contributed by atoms with E-state index in [9.17, 15) is 13.2 Å². The van der Waals surface area contributed by atoms with Gasteiger partial charge in [0.1, 0.15) is 6.54 Å². The molecule has 0 heterocycles. The summed E-state index contributed by atoms with van der Waals surface area (Å²) >= 11 is 0. The van der Waals surface area contributed by atoms with Gasteiger partial charge in [0, 0.05) is 5.69 Å². The second-order valence-electron chi connectivity index (χ2n) is 6.41. The summed E-state index contributed by atoms with van der Waals surface area (Å²) < 4.78 is 25.8. The number of anilines is 2. The van der Waals surface area contributed by atoms with Gasteiger partial charge in [-0.2, -0.15) is 0 Å². The number of hydrogen-bond acceptors (Lipinski definition) is 3. The van der Waals surface area contributed by atoms with Gasteiger partial charge in [0.05, 0.1) is 18.5 Å². The minimum atomic E-state index is -3.62. The van der Waals surface area contributed by atoms with Crippen molar-refractivity contribution >= 4 is 27.3 Å². The van der Waals surface area contributed by atoms with Crippen LogP contribution in [0.5, 0.6) is 0 Å². The molecule has 0 aliphatic carbocycles. The summed E-state index contributed by atoms with van der Waals surface area (Å²) in [5.74, 6) is -0.302. The molecule has 28 heavy (non-hydrogen) atoms. The van der Waals surface area contributed by atoms with E-state index < -0.39 is 10.0 Å². The molecule has 0 spiro atoms. The summed E-state index contributed by atoms with van der Waals surface area (Å²) in [6.45, 7) is 0.0840. The summed E-state index contributed by atoms with van der Waals surface area (Å²) in [4.78, 5) is 14.8. The maximum atomic E-state index is 13.2. The molecule has 0 atom stereocenters. The Morgan fingerprint density at radius 3 is 1.71 bits per heavy atom. The Bertz CT molecular complexity index is 1010. The van der Waals surface area contributed by atoms with Gasteiger partial charge in [-0.1, -0.05) is 66.7 Å². The highest BCUT2D eigenvalue weighted by Crippen LogP contribution is 2.21. The first-order valence-electron chi connectivity index (χ1n) is 8.87. The number of amides is 1. The molecule has 0 saturated carbocycles. The Balaban J connectivity index is 1.92. The van der Waals surface area contributed by atoms with Crippen LogP contribution < -0.4 is 9.21 Å². The third kappa shape index (κ3) is 4.98. The van der Waals surface area contributed by atoms with Crippen molar-refractivity contribution in [3.05, 3.63) is 96.6 Å². The third-order valence-electron chi connectivity index (χ3n) is 4.28. The molecule has 0 N–H and O–H groups in total. The number of hydrogen-bond donors (Lipinski definition) is 0. The van der Waals surface area contributed by atoms with Crippen LogP contribution in [-0.4, -0.2) is 27.1 Å². The minimum Gasteiger partial charge on any atom is -0.306 e. The Morgan fingerprint density at radius 2 is 1.21 bits per heavy atom. The molecule has 0 aliphatic heterocycles. The van der Waals surface area contributed by atoms with E-state index >= 15 is 0 Å². The molecule has 144 valence electrons. The zero-order chi connectivity index (χ0) is 20.0. The van der Waals surface area contributed by atoms with Gasteiger partial charge < -0.3 is 4.90 Å². The second kappa shape index (κ2) is 8.71. The molecule has 1 amide bonds. The number of rotatable bonds is 7. The lowest BCUT2D eigenvalue weighted by Gasteiger charge is -2.28. The lowest BCUT2D eigenvalue weighted by Crippen LogP contribution is -2.42. The molecule has 0 fully saturated rings. The van der Waals surface area contributed by atoms with Gasteiger partial charge in [0.25, 0.3) is 0 Å². The summed E-state index contributed by atoms with van der Waals surface area (Å²) in [7, 11) is -3.62. The monoisotopic (exact) mass is 394 g/mol. The molecule has 0 unspecified atom stereocenters. The van der Waals surface area contributed by atoms with Gasteiger partial charge in [-0.05, 0) is 29.8 Å². The number of sulfonamides is 1. The van der Waals surface area contributed by atoms with Crippen LogP contribution in [0.25, 0.3) is 0 Å². The molecule has 0 radical (unpaired) electrons. The van der Waals surface area contributed by atoms with Crippen molar-refractivity contribution in [1.82, 2.24) is 0 Å². The number of carbonyl (C=O) groups excluding carboxylic acids is 1. The zero-order valence-corrected chi connectivity index (χ0v) is 16.4. The second-order valence-corrected chi connectivity index (χ2v) is 8.31. The quantitative estimate of drug-likeness (QED) is 0.614. The Morgan fingerprint density at radius 1 is 0.750 bits per heavy atom. The number of carbonyl (C=O) groups is 1. The SMILES string of the molecule is CS(=O)(=O)N(CC(=O)N(Cc1ccccc1)c1ccccc1)c1ccccc1. The van der Waals surface area contributed by atoms with E-state index in [0.717, 1.165) is 21.8 Å². The van der Waals surface area contributed by atoms with E-state index in [0.29, 0.717) is 12.2 Å². The summed E-state index contributed by atoms with van der Waals surface area (Å²) in [6.07, 6.45) is 1.11. The van der Waals surface area contributed by atoms with Gasteiger partial charge in [0.15, 0.2) is 0 Å². The molecule has 3 aromatic rings. The van der Waals surface area contributed by atoms with E-state index in [1.165, 1.54) is 0 Å². The van der Waals surface area contributed by atoms with E-state index in [-0.39, 0.29) is 12.5 Å². The van der Waals surface area contributed by atoms with Crippen LogP contribution in [0.2, 0.25) is 0 Å².